The number of thiophene rings is 1. The molecule has 1 amide bonds. The first-order valence-corrected chi connectivity index (χ1v) is 9.19. The molecular formula is C16H10ClNO3S3. The Bertz CT molecular complexity index is 875. The highest BCUT2D eigenvalue weighted by Crippen LogP contribution is 2.37. The molecular weight excluding hydrogens is 386 g/mol. The average molecular weight is 396 g/mol. The molecule has 0 aliphatic carbocycles. The van der Waals surface area contributed by atoms with Gasteiger partial charge in [0, 0.05) is 20.3 Å². The van der Waals surface area contributed by atoms with Crippen molar-refractivity contribution in [3.8, 4) is 10.4 Å². The molecule has 1 aliphatic rings. The van der Waals surface area contributed by atoms with Gasteiger partial charge >= 0.3 is 5.97 Å². The third-order valence-corrected chi connectivity index (χ3v) is 5.98. The molecule has 4 nitrogen and oxygen atoms in total. The number of halogens is 1. The lowest BCUT2D eigenvalue weighted by molar-refractivity contribution is -0.140. The SMILES string of the molecule is O=C(O)CN1C(=O)/C(=C\c2ccc(-c3ccccc3Cl)s2)SC1=S. The van der Waals surface area contributed by atoms with Crippen LogP contribution in [0.15, 0.2) is 41.3 Å². The first kappa shape index (κ1) is 17.2. The third kappa shape index (κ3) is 3.54. The molecule has 1 aromatic carbocycles. The maximum Gasteiger partial charge on any atom is 0.323 e. The lowest BCUT2D eigenvalue weighted by atomic mass is 10.2. The molecule has 2 aromatic rings. The summed E-state index contributed by atoms with van der Waals surface area (Å²) in [5.41, 5.74) is 0.933. The van der Waals surface area contributed by atoms with E-state index in [1.807, 2.05) is 36.4 Å². The van der Waals surface area contributed by atoms with Crippen molar-refractivity contribution in [2.45, 2.75) is 0 Å². The van der Waals surface area contributed by atoms with Crippen LogP contribution >= 0.6 is 46.9 Å². The first-order valence-electron chi connectivity index (χ1n) is 6.77. The van der Waals surface area contributed by atoms with Crippen molar-refractivity contribution in [3.63, 3.8) is 0 Å². The van der Waals surface area contributed by atoms with Crippen molar-refractivity contribution in [2.75, 3.05) is 6.54 Å². The molecule has 0 saturated carbocycles. The summed E-state index contributed by atoms with van der Waals surface area (Å²) in [6.45, 7) is -0.419. The maximum atomic E-state index is 12.3. The van der Waals surface area contributed by atoms with Crippen LogP contribution in [0.25, 0.3) is 16.5 Å². The number of carbonyl (C=O) groups excluding carboxylic acids is 1. The van der Waals surface area contributed by atoms with E-state index in [2.05, 4.69) is 0 Å². The van der Waals surface area contributed by atoms with E-state index in [4.69, 9.17) is 28.9 Å². The van der Waals surface area contributed by atoms with Crippen molar-refractivity contribution in [1.29, 1.82) is 0 Å². The Morgan fingerprint density at radius 1 is 1.29 bits per heavy atom. The van der Waals surface area contributed by atoms with E-state index in [9.17, 15) is 9.59 Å². The van der Waals surface area contributed by atoms with Gasteiger partial charge in [0.25, 0.3) is 5.91 Å². The monoisotopic (exact) mass is 395 g/mol. The van der Waals surface area contributed by atoms with Crippen LogP contribution in [0, 0.1) is 0 Å². The van der Waals surface area contributed by atoms with Gasteiger partial charge in [-0.1, -0.05) is 53.8 Å². The van der Waals surface area contributed by atoms with Gasteiger partial charge < -0.3 is 5.11 Å². The van der Waals surface area contributed by atoms with Gasteiger partial charge in [0.15, 0.2) is 0 Å². The average Bonchev–Trinajstić information content (AvgIpc) is 3.08. The second kappa shape index (κ2) is 7.06. The highest BCUT2D eigenvalue weighted by Gasteiger charge is 2.33. The first-order chi connectivity index (χ1) is 11.5. The second-order valence-electron chi connectivity index (χ2n) is 4.84. The second-order valence-corrected chi connectivity index (χ2v) is 8.04. The Labute approximate surface area is 156 Å². The molecule has 1 fully saturated rings. The van der Waals surface area contributed by atoms with Gasteiger partial charge in [-0.3, -0.25) is 14.5 Å². The van der Waals surface area contributed by atoms with Crippen LogP contribution in [-0.2, 0) is 9.59 Å². The number of amides is 1. The zero-order valence-electron chi connectivity index (χ0n) is 12.1. The third-order valence-electron chi connectivity index (χ3n) is 3.21. The molecule has 0 radical (unpaired) electrons. The standard InChI is InChI=1S/C16H10ClNO3S3/c17-11-4-2-1-3-10(11)12-6-5-9(23-12)7-13-15(21)18(8-14(19)20)16(22)24-13/h1-7H,8H2,(H,19,20)/b13-7+. The fourth-order valence-corrected chi connectivity index (χ4v) is 4.74. The van der Waals surface area contributed by atoms with Crippen LogP contribution in [0.1, 0.15) is 4.88 Å². The predicted molar refractivity (Wildman–Crippen MR) is 102 cm³/mol. The Kier molecular flexibility index (Phi) is 5.05. The van der Waals surface area contributed by atoms with E-state index in [1.165, 1.54) is 11.3 Å². The van der Waals surface area contributed by atoms with Crippen LogP contribution < -0.4 is 0 Å². The fourth-order valence-electron chi connectivity index (χ4n) is 2.14. The van der Waals surface area contributed by atoms with E-state index in [0.29, 0.717) is 9.93 Å². The molecule has 8 heteroatoms. The zero-order chi connectivity index (χ0) is 17.3. The van der Waals surface area contributed by atoms with E-state index >= 15 is 0 Å². The number of carboxylic acids is 1. The Morgan fingerprint density at radius 3 is 2.75 bits per heavy atom. The number of nitrogens with zero attached hydrogens (tertiary/aromatic N) is 1. The van der Waals surface area contributed by atoms with Crippen LogP contribution in [0.2, 0.25) is 5.02 Å². The lowest BCUT2D eigenvalue weighted by Gasteiger charge is -2.09. The minimum absolute atomic E-state index is 0.261. The van der Waals surface area contributed by atoms with Gasteiger partial charge in [-0.25, -0.2) is 0 Å². The summed E-state index contributed by atoms with van der Waals surface area (Å²) >= 11 is 13.9. The highest BCUT2D eigenvalue weighted by atomic mass is 35.5. The molecule has 2 heterocycles. The molecule has 1 N–H and O–H groups in total. The number of carboxylic acid groups (broad SMARTS) is 1. The predicted octanol–water partition coefficient (Wildman–Crippen LogP) is 4.35. The number of thiocarbonyl (C=S) groups is 1. The molecule has 1 saturated heterocycles. The van der Waals surface area contributed by atoms with E-state index < -0.39 is 12.5 Å². The van der Waals surface area contributed by atoms with Gasteiger partial charge in [0.1, 0.15) is 10.9 Å². The number of aliphatic carboxylic acids is 1. The topological polar surface area (TPSA) is 57.6 Å². The summed E-state index contributed by atoms with van der Waals surface area (Å²) in [6, 6.07) is 11.4. The number of hydrogen-bond acceptors (Lipinski definition) is 5. The summed E-state index contributed by atoms with van der Waals surface area (Å²) < 4.78 is 0.261. The molecule has 122 valence electrons. The Hall–Kier alpha value is -1.67. The van der Waals surface area contributed by atoms with Crippen molar-refractivity contribution in [1.82, 2.24) is 4.90 Å². The van der Waals surface area contributed by atoms with Gasteiger partial charge in [-0.05, 0) is 24.3 Å². The van der Waals surface area contributed by atoms with E-state index in [0.717, 1.165) is 32.0 Å². The van der Waals surface area contributed by atoms with Gasteiger partial charge in [0.05, 0.1) is 4.91 Å². The van der Waals surface area contributed by atoms with Crippen LogP contribution in [0.4, 0.5) is 0 Å². The quantitative estimate of drug-likeness (QED) is 0.616. The molecule has 0 unspecified atom stereocenters. The molecule has 1 aromatic heterocycles. The van der Waals surface area contributed by atoms with Crippen molar-refractivity contribution in [3.05, 3.63) is 51.2 Å². The molecule has 0 bridgehead atoms. The Morgan fingerprint density at radius 2 is 2.04 bits per heavy atom. The van der Waals surface area contributed by atoms with E-state index in [1.54, 1.807) is 6.08 Å². The largest absolute Gasteiger partial charge is 0.480 e. The number of hydrogen-bond donors (Lipinski definition) is 1. The zero-order valence-corrected chi connectivity index (χ0v) is 15.3. The van der Waals surface area contributed by atoms with E-state index in [-0.39, 0.29) is 10.2 Å². The number of benzene rings is 1. The van der Waals surface area contributed by atoms with Crippen LogP contribution in [-0.4, -0.2) is 32.7 Å². The van der Waals surface area contributed by atoms with Crippen LogP contribution in [0.3, 0.4) is 0 Å². The minimum atomic E-state index is -1.09. The van der Waals surface area contributed by atoms with Crippen molar-refractivity contribution >= 4 is 69.2 Å². The smallest absolute Gasteiger partial charge is 0.323 e. The summed E-state index contributed by atoms with van der Waals surface area (Å²) in [7, 11) is 0. The fraction of sp³-hybridized carbons (Fsp3) is 0.0625. The molecule has 24 heavy (non-hydrogen) atoms. The highest BCUT2D eigenvalue weighted by molar-refractivity contribution is 8.26. The molecule has 0 atom stereocenters. The molecule has 0 spiro atoms. The van der Waals surface area contributed by atoms with Gasteiger partial charge in [0.2, 0.25) is 0 Å². The Balaban J connectivity index is 1.85. The van der Waals surface area contributed by atoms with Gasteiger partial charge in [-0.15, -0.1) is 11.3 Å². The van der Waals surface area contributed by atoms with Crippen molar-refractivity contribution < 1.29 is 14.7 Å². The maximum absolute atomic E-state index is 12.3. The number of thioether (sulfide) groups is 1. The number of rotatable bonds is 4. The van der Waals surface area contributed by atoms with Gasteiger partial charge in [-0.2, -0.15) is 0 Å². The van der Waals surface area contributed by atoms with Crippen LogP contribution in [0.5, 0.6) is 0 Å². The summed E-state index contributed by atoms with van der Waals surface area (Å²) in [6.07, 6.45) is 1.73. The summed E-state index contributed by atoms with van der Waals surface area (Å²) in [5, 5.41) is 9.51. The molecule has 1 aliphatic heterocycles. The normalized spacial score (nSPS) is 16.2. The summed E-state index contributed by atoms with van der Waals surface area (Å²) in [5.74, 6) is -1.47. The molecule has 3 rings (SSSR count). The van der Waals surface area contributed by atoms with Crippen molar-refractivity contribution in [2.24, 2.45) is 0 Å². The number of carbonyl (C=O) groups is 2. The minimum Gasteiger partial charge on any atom is -0.480 e. The summed E-state index contributed by atoms with van der Waals surface area (Å²) in [4.78, 5) is 26.5. The lowest BCUT2D eigenvalue weighted by Crippen LogP contribution is -2.33.